The third kappa shape index (κ3) is 2.38. The summed E-state index contributed by atoms with van der Waals surface area (Å²) in [5.74, 6) is -0.0383. The first-order chi connectivity index (χ1) is 10.1. The lowest BCUT2D eigenvalue weighted by Gasteiger charge is -2.06. The summed E-state index contributed by atoms with van der Waals surface area (Å²) >= 11 is 6.10. The van der Waals surface area contributed by atoms with Crippen LogP contribution < -0.4 is 5.73 Å². The molecule has 0 amide bonds. The Balaban J connectivity index is 2.27. The van der Waals surface area contributed by atoms with E-state index in [0.717, 1.165) is 11.1 Å². The summed E-state index contributed by atoms with van der Waals surface area (Å²) in [6.45, 7) is 1.96. The van der Waals surface area contributed by atoms with Crippen molar-refractivity contribution in [2.45, 2.75) is 6.92 Å². The van der Waals surface area contributed by atoms with Gasteiger partial charge >= 0.3 is 0 Å². The zero-order chi connectivity index (χ0) is 15.0. The third-order valence-corrected chi connectivity index (χ3v) is 3.53. The highest BCUT2D eigenvalue weighted by Crippen LogP contribution is 2.40. The number of halogens is 2. The van der Waals surface area contributed by atoms with Crippen molar-refractivity contribution in [2.24, 2.45) is 0 Å². The van der Waals surface area contributed by atoms with Gasteiger partial charge in [0.1, 0.15) is 5.82 Å². The molecule has 0 aliphatic rings. The lowest BCUT2D eigenvalue weighted by Crippen LogP contribution is -1.91. The molecule has 3 nitrogen and oxygen atoms in total. The van der Waals surface area contributed by atoms with E-state index < -0.39 is 5.82 Å². The molecule has 1 aromatic heterocycles. The van der Waals surface area contributed by atoms with Crippen LogP contribution in [0.1, 0.15) is 5.56 Å². The summed E-state index contributed by atoms with van der Waals surface area (Å²) in [4.78, 5) is 0. The largest absolute Gasteiger partial charge is 0.380 e. The van der Waals surface area contributed by atoms with Crippen LogP contribution in [0.2, 0.25) is 5.02 Å². The molecular formula is C16H12ClFN2O. The Morgan fingerprint density at radius 1 is 1.14 bits per heavy atom. The molecule has 0 bridgehead atoms. The van der Waals surface area contributed by atoms with Gasteiger partial charge in [-0.1, -0.05) is 52.7 Å². The lowest BCUT2D eigenvalue weighted by atomic mass is 10.00. The number of nitrogen functional groups attached to an aromatic ring is 1. The molecule has 0 radical (unpaired) electrons. The Morgan fingerprint density at radius 3 is 2.62 bits per heavy atom. The summed E-state index contributed by atoms with van der Waals surface area (Å²) in [7, 11) is 0. The summed E-state index contributed by atoms with van der Waals surface area (Å²) in [6, 6.07) is 12.1. The van der Waals surface area contributed by atoms with Crippen molar-refractivity contribution in [2.75, 3.05) is 5.73 Å². The van der Waals surface area contributed by atoms with E-state index in [9.17, 15) is 4.39 Å². The van der Waals surface area contributed by atoms with Crippen molar-refractivity contribution >= 4 is 17.4 Å². The van der Waals surface area contributed by atoms with Gasteiger partial charge in [0, 0.05) is 0 Å². The number of aromatic nitrogens is 1. The van der Waals surface area contributed by atoms with Crippen molar-refractivity contribution in [1.29, 1.82) is 0 Å². The van der Waals surface area contributed by atoms with Gasteiger partial charge in [0.2, 0.25) is 0 Å². The number of nitrogens with two attached hydrogens (primary N) is 1. The zero-order valence-electron chi connectivity index (χ0n) is 11.2. The van der Waals surface area contributed by atoms with Gasteiger partial charge in [0.25, 0.3) is 0 Å². The van der Waals surface area contributed by atoms with Crippen LogP contribution in [0.25, 0.3) is 22.5 Å². The van der Waals surface area contributed by atoms with E-state index in [4.69, 9.17) is 21.9 Å². The van der Waals surface area contributed by atoms with Crippen molar-refractivity contribution in [1.82, 2.24) is 5.16 Å². The van der Waals surface area contributed by atoms with Crippen LogP contribution in [-0.2, 0) is 0 Å². The minimum absolute atomic E-state index is 0.167. The molecule has 0 unspecified atom stereocenters. The Hall–Kier alpha value is -2.33. The number of hydrogen-bond donors (Lipinski definition) is 1. The van der Waals surface area contributed by atoms with Crippen LogP contribution in [0.4, 0.5) is 10.2 Å². The fraction of sp³-hybridized carbons (Fsp3) is 0.0625. The van der Waals surface area contributed by atoms with Crippen LogP contribution in [0.3, 0.4) is 0 Å². The van der Waals surface area contributed by atoms with Gasteiger partial charge in [0.05, 0.1) is 16.1 Å². The quantitative estimate of drug-likeness (QED) is 0.747. The highest BCUT2D eigenvalue weighted by atomic mass is 35.5. The van der Waals surface area contributed by atoms with Gasteiger partial charge in [-0.25, -0.2) is 4.39 Å². The first kappa shape index (κ1) is 13.6. The number of anilines is 1. The summed E-state index contributed by atoms with van der Waals surface area (Å²) in [6.07, 6.45) is 0. The highest BCUT2D eigenvalue weighted by molar-refractivity contribution is 6.33. The smallest absolute Gasteiger partial charge is 0.181 e. The second-order valence-electron chi connectivity index (χ2n) is 4.74. The summed E-state index contributed by atoms with van der Waals surface area (Å²) in [5, 5.41) is 4.01. The normalized spacial score (nSPS) is 10.8. The molecule has 5 heteroatoms. The van der Waals surface area contributed by atoms with Gasteiger partial charge in [0.15, 0.2) is 11.6 Å². The first-order valence-electron chi connectivity index (χ1n) is 6.34. The molecule has 0 saturated carbocycles. The van der Waals surface area contributed by atoms with Crippen LogP contribution in [0.15, 0.2) is 47.0 Å². The molecule has 1 heterocycles. The maximum atomic E-state index is 14.1. The summed E-state index contributed by atoms with van der Waals surface area (Å²) < 4.78 is 19.3. The Morgan fingerprint density at radius 2 is 1.90 bits per heavy atom. The van der Waals surface area contributed by atoms with E-state index in [2.05, 4.69) is 5.16 Å². The number of aryl methyl sites for hydroxylation is 1. The lowest BCUT2D eigenvalue weighted by molar-refractivity contribution is 0.433. The van der Waals surface area contributed by atoms with E-state index in [-0.39, 0.29) is 22.2 Å². The Labute approximate surface area is 126 Å². The molecule has 106 valence electrons. The zero-order valence-corrected chi connectivity index (χ0v) is 12.0. The van der Waals surface area contributed by atoms with Gasteiger partial charge < -0.3 is 10.3 Å². The minimum atomic E-state index is -0.479. The number of hydrogen-bond acceptors (Lipinski definition) is 3. The second kappa shape index (κ2) is 5.22. The van der Waals surface area contributed by atoms with Crippen LogP contribution in [0.5, 0.6) is 0 Å². The van der Waals surface area contributed by atoms with Gasteiger partial charge in [-0.15, -0.1) is 0 Å². The molecule has 0 atom stereocenters. The van der Waals surface area contributed by atoms with E-state index in [0.29, 0.717) is 5.56 Å². The van der Waals surface area contributed by atoms with Gasteiger partial charge in [-0.3, -0.25) is 0 Å². The predicted molar refractivity (Wildman–Crippen MR) is 81.5 cm³/mol. The number of rotatable bonds is 2. The molecule has 0 aliphatic carbocycles. The maximum Gasteiger partial charge on any atom is 0.181 e. The van der Waals surface area contributed by atoms with Crippen molar-refractivity contribution in [3.63, 3.8) is 0 Å². The fourth-order valence-electron chi connectivity index (χ4n) is 2.27. The van der Waals surface area contributed by atoms with E-state index in [1.165, 1.54) is 12.1 Å². The van der Waals surface area contributed by atoms with Gasteiger partial charge in [-0.05, 0) is 24.6 Å². The fourth-order valence-corrected chi connectivity index (χ4v) is 2.52. The molecule has 2 N–H and O–H groups in total. The Bertz CT molecular complexity index is 794. The first-order valence-corrected chi connectivity index (χ1v) is 6.72. The number of benzene rings is 2. The third-order valence-electron chi connectivity index (χ3n) is 3.22. The van der Waals surface area contributed by atoms with Crippen molar-refractivity contribution in [3.8, 4) is 22.5 Å². The van der Waals surface area contributed by atoms with E-state index >= 15 is 0 Å². The molecule has 0 saturated heterocycles. The molecule has 21 heavy (non-hydrogen) atoms. The van der Waals surface area contributed by atoms with Crippen molar-refractivity contribution < 1.29 is 8.91 Å². The van der Waals surface area contributed by atoms with E-state index in [1.54, 1.807) is 6.07 Å². The predicted octanol–water partition coefficient (Wildman–Crippen LogP) is 4.69. The number of nitrogens with zero attached hydrogens (tertiary/aromatic N) is 1. The standard InChI is InChI=1S/C16H12ClFN2O/c1-9-4-2-5-10(8-9)13-15(21-20-16(13)19)14-11(17)6-3-7-12(14)18/h2-8H,1H3,(H2,19,20). The summed E-state index contributed by atoms with van der Waals surface area (Å²) in [5.41, 5.74) is 8.47. The van der Waals surface area contributed by atoms with Crippen LogP contribution in [-0.4, -0.2) is 5.16 Å². The molecule has 0 aliphatic heterocycles. The molecule has 3 rings (SSSR count). The second-order valence-corrected chi connectivity index (χ2v) is 5.15. The van der Waals surface area contributed by atoms with Crippen LogP contribution >= 0.6 is 11.6 Å². The minimum Gasteiger partial charge on any atom is -0.380 e. The molecule has 0 spiro atoms. The van der Waals surface area contributed by atoms with Crippen molar-refractivity contribution in [3.05, 3.63) is 58.9 Å². The molecule has 2 aromatic carbocycles. The average Bonchev–Trinajstić information content (AvgIpc) is 2.80. The monoisotopic (exact) mass is 302 g/mol. The molecule has 3 aromatic rings. The average molecular weight is 303 g/mol. The van der Waals surface area contributed by atoms with E-state index in [1.807, 2.05) is 31.2 Å². The molecule has 0 fully saturated rings. The van der Waals surface area contributed by atoms with Gasteiger partial charge in [-0.2, -0.15) is 0 Å². The maximum absolute atomic E-state index is 14.1. The van der Waals surface area contributed by atoms with Crippen LogP contribution in [0, 0.1) is 12.7 Å². The topological polar surface area (TPSA) is 52.0 Å². The Kier molecular flexibility index (Phi) is 3.39. The molecular weight excluding hydrogens is 291 g/mol. The SMILES string of the molecule is Cc1cccc(-c2c(N)noc2-c2c(F)cccc2Cl)c1. The highest BCUT2D eigenvalue weighted by Gasteiger charge is 2.22.